The highest BCUT2D eigenvalue weighted by atomic mass is 16.5. The van der Waals surface area contributed by atoms with E-state index in [1.165, 1.54) is 0 Å². The molecule has 1 heterocycles. The summed E-state index contributed by atoms with van der Waals surface area (Å²) in [4.78, 5) is 12.8. The number of ether oxygens (including phenoxy) is 3. The molecule has 0 unspecified atom stereocenters. The van der Waals surface area contributed by atoms with Crippen molar-refractivity contribution in [2.75, 3.05) is 20.8 Å². The molecule has 2 aromatic carbocycles. The van der Waals surface area contributed by atoms with Gasteiger partial charge in [0.2, 0.25) is 0 Å². The average Bonchev–Trinajstić information content (AvgIpc) is 3.36. The van der Waals surface area contributed by atoms with Gasteiger partial charge in [-0.15, -0.1) is 0 Å². The Morgan fingerprint density at radius 1 is 1.10 bits per heavy atom. The fraction of sp³-hybridized carbons (Fsp3) is 0.217. The van der Waals surface area contributed by atoms with Crippen molar-refractivity contribution in [3.63, 3.8) is 0 Å². The summed E-state index contributed by atoms with van der Waals surface area (Å²) in [7, 11) is 3.16. The molecule has 0 amide bonds. The Hall–Kier alpha value is -3.54. The lowest BCUT2D eigenvalue weighted by molar-refractivity contribution is 0.104. The van der Waals surface area contributed by atoms with Crippen LogP contribution in [0.2, 0.25) is 0 Å². The van der Waals surface area contributed by atoms with Gasteiger partial charge in [-0.1, -0.05) is 12.1 Å². The molecule has 0 aliphatic heterocycles. The van der Waals surface area contributed by atoms with Crippen molar-refractivity contribution in [3.8, 4) is 17.2 Å². The second-order valence-electron chi connectivity index (χ2n) is 6.73. The molecular formula is C23H22N2O4. The van der Waals surface area contributed by atoms with Crippen molar-refractivity contribution >= 4 is 11.9 Å². The number of hydrogen-bond acceptors (Lipinski definition) is 5. The lowest BCUT2D eigenvalue weighted by Gasteiger charge is -2.08. The lowest BCUT2D eigenvalue weighted by Crippen LogP contribution is -2.08. The maximum atomic E-state index is 12.8. The van der Waals surface area contributed by atoms with Crippen LogP contribution in [0.15, 0.2) is 60.4 Å². The molecule has 1 aliphatic rings. The standard InChI is InChI=1S/C23H22N2O4/c1-27-21-14-17-13-18(23(26)20(17)15-22(21)28-2)12-16-4-6-19(7-5-16)29-11-10-25-9-3-8-24-25/h3-9,12,14-15H,10-11,13H2,1-2H3/b18-12-. The maximum Gasteiger partial charge on any atom is 0.189 e. The molecule has 0 atom stereocenters. The number of Topliss-reactive ketones (excluding diaryl/α,β-unsaturated/α-hetero) is 1. The highest BCUT2D eigenvalue weighted by molar-refractivity contribution is 6.15. The minimum atomic E-state index is 0.0282. The van der Waals surface area contributed by atoms with Crippen LogP contribution in [0.25, 0.3) is 6.08 Å². The Morgan fingerprint density at radius 2 is 1.86 bits per heavy atom. The lowest BCUT2D eigenvalue weighted by atomic mass is 10.1. The van der Waals surface area contributed by atoms with Crippen LogP contribution in [0.3, 0.4) is 0 Å². The van der Waals surface area contributed by atoms with Gasteiger partial charge in [-0.05, 0) is 47.5 Å². The number of carbonyl (C=O) groups is 1. The number of rotatable bonds is 7. The Balaban J connectivity index is 1.44. The number of fused-ring (bicyclic) bond motifs is 1. The second-order valence-corrected chi connectivity index (χ2v) is 6.73. The van der Waals surface area contributed by atoms with E-state index in [-0.39, 0.29) is 5.78 Å². The molecule has 148 valence electrons. The Bertz CT molecular complexity index is 1040. The third-order valence-electron chi connectivity index (χ3n) is 4.90. The van der Waals surface area contributed by atoms with Crippen molar-refractivity contribution in [2.24, 2.45) is 0 Å². The number of methoxy groups -OCH3 is 2. The van der Waals surface area contributed by atoms with Gasteiger partial charge in [0, 0.05) is 30.0 Å². The zero-order chi connectivity index (χ0) is 20.2. The molecular weight excluding hydrogens is 368 g/mol. The third kappa shape index (κ3) is 4.01. The normalized spacial score (nSPS) is 14.1. The molecule has 0 N–H and O–H groups in total. The first-order valence-corrected chi connectivity index (χ1v) is 9.38. The van der Waals surface area contributed by atoms with Crippen molar-refractivity contribution in [2.45, 2.75) is 13.0 Å². The van der Waals surface area contributed by atoms with Gasteiger partial charge in [0.25, 0.3) is 0 Å². The number of benzene rings is 2. The quantitative estimate of drug-likeness (QED) is 0.574. The average molecular weight is 390 g/mol. The first kappa shape index (κ1) is 18.8. The summed E-state index contributed by atoms with van der Waals surface area (Å²) in [5, 5.41) is 4.15. The first-order valence-electron chi connectivity index (χ1n) is 9.38. The maximum absolute atomic E-state index is 12.8. The topological polar surface area (TPSA) is 62.6 Å². The van der Waals surface area contributed by atoms with Gasteiger partial charge in [0.05, 0.1) is 20.8 Å². The summed E-state index contributed by atoms with van der Waals surface area (Å²) in [6.45, 7) is 1.23. The molecule has 0 radical (unpaired) electrons. The van der Waals surface area contributed by atoms with Gasteiger partial charge >= 0.3 is 0 Å². The number of nitrogens with zero attached hydrogens (tertiary/aromatic N) is 2. The summed E-state index contributed by atoms with van der Waals surface area (Å²) >= 11 is 0. The molecule has 0 bridgehead atoms. The second kappa shape index (κ2) is 8.22. The minimum absolute atomic E-state index is 0.0282. The molecule has 3 aromatic rings. The summed E-state index contributed by atoms with van der Waals surface area (Å²) in [6.07, 6.45) is 6.16. The van der Waals surface area contributed by atoms with E-state index in [1.54, 1.807) is 26.5 Å². The SMILES string of the molecule is COc1cc2c(cc1OC)C(=O)/C(=C\c1ccc(OCCn3cccn3)cc1)C2. The Kier molecular flexibility index (Phi) is 5.33. The fourth-order valence-corrected chi connectivity index (χ4v) is 3.40. The van der Waals surface area contributed by atoms with Crippen LogP contribution in [-0.2, 0) is 13.0 Å². The number of carbonyl (C=O) groups excluding carboxylic acids is 1. The highest BCUT2D eigenvalue weighted by Crippen LogP contribution is 2.37. The van der Waals surface area contributed by atoms with E-state index in [0.29, 0.717) is 36.6 Å². The number of ketones is 1. The molecule has 0 saturated heterocycles. The third-order valence-corrected chi connectivity index (χ3v) is 4.90. The van der Waals surface area contributed by atoms with Gasteiger partial charge in [0.15, 0.2) is 17.3 Å². The van der Waals surface area contributed by atoms with Crippen molar-refractivity contribution in [1.29, 1.82) is 0 Å². The zero-order valence-electron chi connectivity index (χ0n) is 16.4. The summed E-state index contributed by atoms with van der Waals surface area (Å²) in [6, 6.07) is 13.2. The predicted octanol–water partition coefficient (Wildman–Crippen LogP) is 3.80. The monoisotopic (exact) mass is 390 g/mol. The van der Waals surface area contributed by atoms with Gasteiger partial charge < -0.3 is 14.2 Å². The van der Waals surface area contributed by atoms with Crippen LogP contribution in [0.4, 0.5) is 0 Å². The molecule has 29 heavy (non-hydrogen) atoms. The molecule has 0 fully saturated rings. The zero-order valence-corrected chi connectivity index (χ0v) is 16.4. The Labute approximate surface area is 169 Å². The molecule has 1 aromatic heterocycles. The van der Waals surface area contributed by atoms with Crippen LogP contribution in [-0.4, -0.2) is 36.4 Å². The van der Waals surface area contributed by atoms with Gasteiger partial charge in [0.1, 0.15) is 12.4 Å². The van der Waals surface area contributed by atoms with Gasteiger partial charge in [-0.2, -0.15) is 5.10 Å². The van der Waals surface area contributed by atoms with E-state index in [0.717, 1.165) is 22.4 Å². The molecule has 6 heteroatoms. The molecule has 1 aliphatic carbocycles. The van der Waals surface area contributed by atoms with Gasteiger partial charge in [-0.25, -0.2) is 0 Å². The van der Waals surface area contributed by atoms with E-state index >= 15 is 0 Å². The molecule has 0 saturated carbocycles. The van der Waals surface area contributed by atoms with E-state index in [4.69, 9.17) is 14.2 Å². The highest BCUT2D eigenvalue weighted by Gasteiger charge is 2.27. The van der Waals surface area contributed by atoms with Crippen LogP contribution in [0.5, 0.6) is 17.2 Å². The Morgan fingerprint density at radius 3 is 2.55 bits per heavy atom. The first-order chi connectivity index (χ1) is 14.2. The smallest absolute Gasteiger partial charge is 0.189 e. The van der Waals surface area contributed by atoms with Crippen molar-refractivity contribution in [1.82, 2.24) is 9.78 Å². The summed E-state index contributed by atoms with van der Waals surface area (Å²) in [5.74, 6) is 2.02. The van der Waals surface area contributed by atoms with Gasteiger partial charge in [-0.3, -0.25) is 9.48 Å². The van der Waals surface area contributed by atoms with Crippen LogP contribution in [0.1, 0.15) is 21.5 Å². The number of allylic oxidation sites excluding steroid dienone is 1. The summed E-state index contributed by atoms with van der Waals surface area (Å²) < 4.78 is 18.2. The minimum Gasteiger partial charge on any atom is -0.493 e. The van der Waals surface area contributed by atoms with Crippen LogP contribution in [0, 0.1) is 0 Å². The van der Waals surface area contributed by atoms with Crippen LogP contribution < -0.4 is 14.2 Å². The predicted molar refractivity (Wildman–Crippen MR) is 110 cm³/mol. The number of aromatic nitrogens is 2. The molecule has 6 nitrogen and oxygen atoms in total. The van der Waals surface area contributed by atoms with E-state index in [9.17, 15) is 4.79 Å². The van der Waals surface area contributed by atoms with Crippen molar-refractivity contribution < 1.29 is 19.0 Å². The number of hydrogen-bond donors (Lipinski definition) is 0. The largest absolute Gasteiger partial charge is 0.493 e. The fourth-order valence-electron chi connectivity index (χ4n) is 3.40. The van der Waals surface area contributed by atoms with Crippen molar-refractivity contribution in [3.05, 3.63) is 77.1 Å². The summed E-state index contributed by atoms with van der Waals surface area (Å²) in [5.41, 5.74) is 3.34. The molecule has 0 spiro atoms. The van der Waals surface area contributed by atoms with E-state index in [1.807, 2.05) is 53.4 Å². The van der Waals surface area contributed by atoms with E-state index < -0.39 is 0 Å². The molecule has 4 rings (SSSR count). The van der Waals surface area contributed by atoms with E-state index in [2.05, 4.69) is 5.10 Å². The van der Waals surface area contributed by atoms with Crippen LogP contribution >= 0.6 is 0 Å².